The zero-order valence-electron chi connectivity index (χ0n) is 10.2. The van der Waals surface area contributed by atoms with Crippen molar-refractivity contribution in [1.29, 1.82) is 0 Å². The smallest absolute Gasteiger partial charge is 0.243 e. The van der Waals surface area contributed by atoms with E-state index in [0.29, 0.717) is 17.9 Å². The average Bonchev–Trinajstić information content (AvgIpc) is 2.30. The number of aliphatic hydroxyl groups is 1. The first-order valence-electron chi connectivity index (χ1n) is 5.68. The van der Waals surface area contributed by atoms with Crippen molar-refractivity contribution < 1.29 is 13.5 Å². The van der Waals surface area contributed by atoms with Gasteiger partial charge in [-0.2, -0.15) is 4.31 Å². The van der Waals surface area contributed by atoms with Crippen molar-refractivity contribution in [3.63, 3.8) is 0 Å². The molecule has 1 aromatic rings. The Kier molecular flexibility index (Phi) is 5.11. The molecule has 0 saturated carbocycles. The van der Waals surface area contributed by atoms with Crippen molar-refractivity contribution in [2.45, 2.75) is 31.2 Å². The van der Waals surface area contributed by atoms with E-state index in [4.69, 9.17) is 5.11 Å². The molecule has 5 heteroatoms. The molecular weight excluding hydrogens is 238 g/mol. The Labute approximate surface area is 103 Å². The zero-order chi connectivity index (χ0) is 12.9. The fraction of sp³-hybridized carbons (Fsp3) is 0.500. The summed E-state index contributed by atoms with van der Waals surface area (Å²) >= 11 is 0. The molecule has 0 aliphatic heterocycles. The minimum Gasteiger partial charge on any atom is -0.396 e. The Hall–Kier alpha value is -0.910. The summed E-state index contributed by atoms with van der Waals surface area (Å²) in [4.78, 5) is 0.298. The van der Waals surface area contributed by atoms with E-state index in [1.54, 1.807) is 30.3 Å². The molecule has 0 spiro atoms. The molecule has 1 aromatic carbocycles. The quantitative estimate of drug-likeness (QED) is 0.839. The summed E-state index contributed by atoms with van der Waals surface area (Å²) in [7, 11) is -3.45. The number of hydrogen-bond donors (Lipinski definition) is 1. The second-order valence-electron chi connectivity index (χ2n) is 4.10. The van der Waals surface area contributed by atoms with Gasteiger partial charge in [-0.1, -0.05) is 18.2 Å². The lowest BCUT2D eigenvalue weighted by atomic mass is 10.3. The van der Waals surface area contributed by atoms with Gasteiger partial charge in [-0.15, -0.1) is 0 Å². The third-order valence-corrected chi connectivity index (χ3v) is 4.55. The summed E-state index contributed by atoms with van der Waals surface area (Å²) in [5.41, 5.74) is 0. The van der Waals surface area contributed by atoms with Crippen molar-refractivity contribution in [2.24, 2.45) is 0 Å². The first kappa shape index (κ1) is 14.2. The molecule has 0 heterocycles. The standard InChI is InChI=1S/C12H19NO3S/c1-11(2)13(9-6-10-14)17(15,16)12-7-4-3-5-8-12/h3-5,7-8,11,14H,6,9-10H2,1-2H3. The van der Waals surface area contributed by atoms with E-state index < -0.39 is 10.0 Å². The van der Waals surface area contributed by atoms with Gasteiger partial charge in [0.05, 0.1) is 4.90 Å². The summed E-state index contributed by atoms with van der Waals surface area (Å²) in [6.45, 7) is 3.99. The fourth-order valence-electron chi connectivity index (χ4n) is 1.61. The van der Waals surface area contributed by atoms with Crippen LogP contribution < -0.4 is 0 Å². The van der Waals surface area contributed by atoms with E-state index in [9.17, 15) is 8.42 Å². The summed E-state index contributed by atoms with van der Waals surface area (Å²) in [6.07, 6.45) is 0.449. The van der Waals surface area contributed by atoms with Gasteiger partial charge in [-0.3, -0.25) is 0 Å². The van der Waals surface area contributed by atoms with Crippen molar-refractivity contribution in [3.8, 4) is 0 Å². The van der Waals surface area contributed by atoms with Gasteiger partial charge >= 0.3 is 0 Å². The van der Waals surface area contributed by atoms with Gasteiger partial charge in [-0.25, -0.2) is 8.42 Å². The minimum absolute atomic E-state index is 0.00642. The number of benzene rings is 1. The van der Waals surface area contributed by atoms with E-state index >= 15 is 0 Å². The second-order valence-corrected chi connectivity index (χ2v) is 5.99. The van der Waals surface area contributed by atoms with Crippen molar-refractivity contribution in [1.82, 2.24) is 4.31 Å². The van der Waals surface area contributed by atoms with Crippen LogP contribution in [0.1, 0.15) is 20.3 Å². The third kappa shape index (κ3) is 3.52. The van der Waals surface area contributed by atoms with Gasteiger partial charge in [0.2, 0.25) is 10.0 Å². The van der Waals surface area contributed by atoms with Crippen molar-refractivity contribution >= 4 is 10.0 Å². The highest BCUT2D eigenvalue weighted by atomic mass is 32.2. The number of nitrogens with zero attached hydrogens (tertiary/aromatic N) is 1. The summed E-state index contributed by atoms with van der Waals surface area (Å²) < 4.78 is 26.1. The summed E-state index contributed by atoms with van der Waals surface area (Å²) in [5.74, 6) is 0. The average molecular weight is 257 g/mol. The molecule has 0 aromatic heterocycles. The van der Waals surface area contributed by atoms with Crippen LogP contribution in [-0.4, -0.2) is 37.0 Å². The normalized spacial score (nSPS) is 12.3. The lowest BCUT2D eigenvalue weighted by molar-refractivity contribution is 0.258. The van der Waals surface area contributed by atoms with E-state index in [1.807, 2.05) is 13.8 Å². The molecule has 96 valence electrons. The molecule has 0 atom stereocenters. The number of aliphatic hydroxyl groups excluding tert-OH is 1. The number of hydrogen-bond acceptors (Lipinski definition) is 3. The van der Waals surface area contributed by atoms with Crippen LogP contribution in [0.25, 0.3) is 0 Å². The van der Waals surface area contributed by atoms with Crippen LogP contribution >= 0.6 is 0 Å². The van der Waals surface area contributed by atoms with Gasteiger partial charge in [0.25, 0.3) is 0 Å². The molecule has 0 aliphatic carbocycles. The van der Waals surface area contributed by atoms with Crippen LogP contribution in [0.2, 0.25) is 0 Å². The maximum Gasteiger partial charge on any atom is 0.243 e. The lowest BCUT2D eigenvalue weighted by Crippen LogP contribution is -2.38. The Balaban J connectivity index is 3.01. The Morgan fingerprint density at radius 1 is 1.24 bits per heavy atom. The Morgan fingerprint density at radius 2 is 1.82 bits per heavy atom. The first-order chi connectivity index (χ1) is 8.00. The van der Waals surface area contributed by atoms with E-state index in [1.165, 1.54) is 4.31 Å². The molecule has 0 fully saturated rings. The molecule has 0 unspecified atom stereocenters. The molecule has 0 radical (unpaired) electrons. The second kappa shape index (κ2) is 6.14. The monoisotopic (exact) mass is 257 g/mol. The molecule has 4 nitrogen and oxygen atoms in total. The highest BCUT2D eigenvalue weighted by molar-refractivity contribution is 7.89. The van der Waals surface area contributed by atoms with Crippen LogP contribution in [0, 0.1) is 0 Å². The van der Waals surface area contributed by atoms with E-state index in [0.717, 1.165) is 0 Å². The van der Waals surface area contributed by atoms with Crippen LogP contribution in [0.4, 0.5) is 0 Å². The van der Waals surface area contributed by atoms with Gasteiger partial charge in [0.1, 0.15) is 0 Å². The molecular formula is C12H19NO3S. The molecule has 0 amide bonds. The number of sulfonamides is 1. The predicted molar refractivity (Wildman–Crippen MR) is 67.2 cm³/mol. The highest BCUT2D eigenvalue weighted by Gasteiger charge is 2.25. The third-order valence-electron chi connectivity index (χ3n) is 2.46. The molecule has 1 rings (SSSR count). The zero-order valence-corrected chi connectivity index (χ0v) is 11.0. The van der Waals surface area contributed by atoms with Gasteiger partial charge in [0.15, 0.2) is 0 Å². The Bertz CT molecular complexity index is 428. The van der Waals surface area contributed by atoms with Gasteiger partial charge < -0.3 is 5.11 Å². The molecule has 0 bridgehead atoms. The lowest BCUT2D eigenvalue weighted by Gasteiger charge is -2.25. The molecule has 0 aliphatic rings. The molecule has 17 heavy (non-hydrogen) atoms. The fourth-order valence-corrected chi connectivity index (χ4v) is 3.31. The Morgan fingerprint density at radius 3 is 2.29 bits per heavy atom. The summed E-state index contributed by atoms with van der Waals surface area (Å²) in [5, 5.41) is 8.81. The first-order valence-corrected chi connectivity index (χ1v) is 7.12. The van der Waals surface area contributed by atoms with Gasteiger partial charge in [-0.05, 0) is 32.4 Å². The SMILES string of the molecule is CC(C)N(CCCO)S(=O)(=O)c1ccccc1. The summed E-state index contributed by atoms with van der Waals surface area (Å²) in [6, 6.07) is 8.25. The number of rotatable bonds is 6. The predicted octanol–water partition coefficient (Wildman–Crippen LogP) is 1.47. The molecule has 1 N–H and O–H groups in total. The molecule has 0 saturated heterocycles. The van der Waals surface area contributed by atoms with Gasteiger partial charge in [0, 0.05) is 19.2 Å². The topological polar surface area (TPSA) is 57.6 Å². The van der Waals surface area contributed by atoms with Crippen molar-refractivity contribution in [2.75, 3.05) is 13.2 Å². The van der Waals surface area contributed by atoms with E-state index in [-0.39, 0.29) is 12.6 Å². The maximum atomic E-state index is 12.3. The minimum atomic E-state index is -3.45. The highest BCUT2D eigenvalue weighted by Crippen LogP contribution is 2.17. The van der Waals surface area contributed by atoms with Crippen molar-refractivity contribution in [3.05, 3.63) is 30.3 Å². The van der Waals surface area contributed by atoms with Crippen LogP contribution in [0.3, 0.4) is 0 Å². The largest absolute Gasteiger partial charge is 0.396 e. The van der Waals surface area contributed by atoms with Crippen LogP contribution in [0.15, 0.2) is 35.2 Å². The van der Waals surface area contributed by atoms with Crippen LogP contribution in [0.5, 0.6) is 0 Å². The maximum absolute atomic E-state index is 12.3. The van der Waals surface area contributed by atoms with E-state index in [2.05, 4.69) is 0 Å². The van der Waals surface area contributed by atoms with Crippen LogP contribution in [-0.2, 0) is 10.0 Å².